The van der Waals surface area contributed by atoms with Gasteiger partial charge >= 0.3 is 0 Å². The van der Waals surface area contributed by atoms with Gasteiger partial charge in [-0.15, -0.1) is 0 Å². The quantitative estimate of drug-likeness (QED) is 0.743. The first kappa shape index (κ1) is 12.6. The second kappa shape index (κ2) is 4.62. The van der Waals surface area contributed by atoms with Crippen molar-refractivity contribution in [2.75, 3.05) is 5.73 Å². The van der Waals surface area contributed by atoms with Crippen molar-refractivity contribution >= 4 is 32.9 Å². The lowest BCUT2D eigenvalue weighted by Crippen LogP contribution is -2.02. The fourth-order valence-corrected chi connectivity index (χ4v) is 2.46. The Morgan fingerprint density at radius 1 is 1.25 bits per heavy atom. The van der Waals surface area contributed by atoms with Crippen LogP contribution < -0.4 is 5.73 Å². The Labute approximate surface area is 122 Å². The van der Waals surface area contributed by atoms with Crippen LogP contribution in [0.4, 0.5) is 10.3 Å². The molecule has 98 valence electrons. The van der Waals surface area contributed by atoms with Crippen molar-refractivity contribution in [1.82, 2.24) is 9.55 Å². The van der Waals surface area contributed by atoms with E-state index in [2.05, 4.69) is 27.0 Å². The van der Waals surface area contributed by atoms with E-state index in [1.807, 2.05) is 0 Å². The number of benzene rings is 2. The molecule has 0 amide bonds. The first-order valence-electron chi connectivity index (χ1n) is 5.73. The largest absolute Gasteiger partial charge is 0.369 e. The van der Waals surface area contributed by atoms with Crippen LogP contribution in [0, 0.1) is 17.1 Å². The molecule has 2 N–H and O–H groups in total. The third-order valence-electron chi connectivity index (χ3n) is 2.96. The normalized spacial score (nSPS) is 10.7. The average Bonchev–Trinajstić information content (AvgIpc) is 2.73. The molecule has 0 aliphatic heterocycles. The van der Waals surface area contributed by atoms with Gasteiger partial charge in [-0.05, 0) is 30.3 Å². The maximum Gasteiger partial charge on any atom is 0.205 e. The molecule has 0 aliphatic carbocycles. The Bertz CT molecular complexity index is 863. The second-order valence-corrected chi connectivity index (χ2v) is 5.13. The van der Waals surface area contributed by atoms with Crippen molar-refractivity contribution in [3.8, 4) is 11.8 Å². The number of fused-ring (bicyclic) bond motifs is 1. The van der Waals surface area contributed by atoms with Crippen LogP contribution in [0.15, 0.2) is 40.9 Å². The highest BCUT2D eigenvalue weighted by molar-refractivity contribution is 9.10. The third-order valence-corrected chi connectivity index (χ3v) is 3.46. The number of nitrogens with zero attached hydrogens (tertiary/aromatic N) is 3. The van der Waals surface area contributed by atoms with Crippen LogP contribution in [-0.4, -0.2) is 9.55 Å². The molecule has 2 aromatic carbocycles. The lowest BCUT2D eigenvalue weighted by molar-refractivity contribution is 0.629. The van der Waals surface area contributed by atoms with Gasteiger partial charge in [0.05, 0.1) is 22.3 Å². The number of hydrogen-bond donors (Lipinski definition) is 1. The number of aromatic nitrogens is 2. The van der Waals surface area contributed by atoms with Gasteiger partial charge in [-0.25, -0.2) is 9.37 Å². The minimum absolute atomic E-state index is 0.209. The summed E-state index contributed by atoms with van der Waals surface area (Å²) in [6.07, 6.45) is 0. The van der Waals surface area contributed by atoms with Crippen LogP contribution in [0.25, 0.3) is 16.7 Å². The predicted octanol–water partition coefficient (Wildman–Crippen LogP) is 3.38. The number of nitrogens with two attached hydrogens (primary N) is 1. The number of anilines is 1. The van der Waals surface area contributed by atoms with E-state index in [1.54, 1.807) is 28.8 Å². The molecular formula is C14H8BrFN4. The molecule has 0 spiro atoms. The molecule has 3 aromatic rings. The number of imidazole rings is 1. The van der Waals surface area contributed by atoms with Crippen LogP contribution in [0.5, 0.6) is 0 Å². The maximum absolute atomic E-state index is 13.2. The smallest absolute Gasteiger partial charge is 0.205 e. The van der Waals surface area contributed by atoms with Crippen LogP contribution in [0.3, 0.4) is 0 Å². The summed E-state index contributed by atoms with van der Waals surface area (Å²) in [5.74, 6) is -0.169. The van der Waals surface area contributed by atoms with Crippen molar-refractivity contribution in [3.63, 3.8) is 0 Å². The maximum atomic E-state index is 13.2. The summed E-state index contributed by atoms with van der Waals surface area (Å²) in [6, 6.07) is 11.6. The zero-order valence-corrected chi connectivity index (χ0v) is 11.7. The molecule has 0 radical (unpaired) electrons. The Kier molecular flexibility index (Phi) is 2.92. The molecule has 0 unspecified atom stereocenters. The second-order valence-electron chi connectivity index (χ2n) is 4.21. The van der Waals surface area contributed by atoms with E-state index in [0.29, 0.717) is 22.3 Å². The fraction of sp³-hybridized carbons (Fsp3) is 0. The SMILES string of the molecule is N#Cc1ccc(Br)cc1-n1c(N)nc2cc(F)ccc21. The molecule has 0 saturated carbocycles. The van der Waals surface area contributed by atoms with Crippen molar-refractivity contribution in [2.45, 2.75) is 0 Å². The summed E-state index contributed by atoms with van der Waals surface area (Å²) < 4.78 is 15.7. The zero-order valence-electron chi connectivity index (χ0n) is 10.1. The van der Waals surface area contributed by atoms with Crippen LogP contribution >= 0.6 is 15.9 Å². The minimum atomic E-state index is -0.378. The molecule has 0 atom stereocenters. The van der Waals surface area contributed by atoms with E-state index in [1.165, 1.54) is 12.1 Å². The predicted molar refractivity (Wildman–Crippen MR) is 77.9 cm³/mol. The van der Waals surface area contributed by atoms with Gasteiger partial charge in [0, 0.05) is 10.5 Å². The van der Waals surface area contributed by atoms with Gasteiger partial charge in [0.15, 0.2) is 0 Å². The van der Waals surface area contributed by atoms with Crippen molar-refractivity contribution in [2.24, 2.45) is 0 Å². The van der Waals surface area contributed by atoms with Crippen molar-refractivity contribution < 1.29 is 4.39 Å². The van der Waals surface area contributed by atoms with Gasteiger partial charge in [0.2, 0.25) is 5.95 Å². The molecule has 4 nitrogen and oxygen atoms in total. The van der Waals surface area contributed by atoms with Gasteiger partial charge in [-0.1, -0.05) is 15.9 Å². The fourth-order valence-electron chi connectivity index (χ4n) is 2.11. The summed E-state index contributed by atoms with van der Waals surface area (Å²) >= 11 is 3.37. The molecule has 1 heterocycles. The molecule has 0 aliphatic rings. The summed E-state index contributed by atoms with van der Waals surface area (Å²) in [5, 5.41) is 9.22. The molecule has 0 saturated heterocycles. The van der Waals surface area contributed by atoms with Crippen LogP contribution in [0.2, 0.25) is 0 Å². The van der Waals surface area contributed by atoms with E-state index in [9.17, 15) is 9.65 Å². The minimum Gasteiger partial charge on any atom is -0.369 e. The highest BCUT2D eigenvalue weighted by Crippen LogP contribution is 2.27. The number of nitriles is 1. The van der Waals surface area contributed by atoms with Gasteiger partial charge in [0.1, 0.15) is 11.9 Å². The first-order valence-corrected chi connectivity index (χ1v) is 6.53. The Morgan fingerprint density at radius 3 is 2.80 bits per heavy atom. The molecule has 1 aromatic heterocycles. The molecule has 3 rings (SSSR count). The zero-order chi connectivity index (χ0) is 14.3. The van der Waals surface area contributed by atoms with Gasteiger partial charge in [0.25, 0.3) is 0 Å². The number of hydrogen-bond acceptors (Lipinski definition) is 3. The number of rotatable bonds is 1. The van der Waals surface area contributed by atoms with Crippen LogP contribution in [-0.2, 0) is 0 Å². The van der Waals surface area contributed by atoms with Gasteiger partial charge < -0.3 is 5.73 Å². The summed E-state index contributed by atoms with van der Waals surface area (Å²) in [6.45, 7) is 0. The van der Waals surface area contributed by atoms with Crippen molar-refractivity contribution in [1.29, 1.82) is 5.26 Å². The molecule has 0 bridgehead atoms. The monoisotopic (exact) mass is 330 g/mol. The van der Waals surface area contributed by atoms with E-state index >= 15 is 0 Å². The van der Waals surface area contributed by atoms with Gasteiger partial charge in [-0.3, -0.25) is 4.57 Å². The Balaban J connectivity index is 2.38. The molecule has 6 heteroatoms. The number of halogens is 2. The highest BCUT2D eigenvalue weighted by atomic mass is 79.9. The third kappa shape index (κ3) is 1.92. The van der Waals surface area contributed by atoms with Crippen LogP contribution in [0.1, 0.15) is 5.56 Å². The summed E-state index contributed by atoms with van der Waals surface area (Å²) in [5.41, 5.74) is 8.08. The lowest BCUT2D eigenvalue weighted by Gasteiger charge is -2.09. The van der Waals surface area contributed by atoms with Crippen molar-refractivity contribution in [3.05, 3.63) is 52.3 Å². The standard InChI is InChI=1S/C14H8BrFN4/c15-9-2-1-8(7-17)13(5-9)20-12-4-3-10(16)6-11(12)19-14(20)18/h1-6H,(H2,18,19). The van der Waals surface area contributed by atoms with E-state index < -0.39 is 0 Å². The van der Waals surface area contributed by atoms with Gasteiger partial charge in [-0.2, -0.15) is 5.26 Å². The lowest BCUT2D eigenvalue weighted by atomic mass is 10.2. The summed E-state index contributed by atoms with van der Waals surface area (Å²) in [4.78, 5) is 4.13. The van der Waals surface area contributed by atoms with E-state index in [-0.39, 0.29) is 11.8 Å². The number of nitrogen functional groups attached to an aromatic ring is 1. The molecule has 0 fully saturated rings. The first-order chi connectivity index (χ1) is 9.60. The Morgan fingerprint density at radius 2 is 2.05 bits per heavy atom. The summed E-state index contributed by atoms with van der Waals surface area (Å²) in [7, 11) is 0. The topological polar surface area (TPSA) is 67.6 Å². The molecular weight excluding hydrogens is 323 g/mol. The van der Waals surface area contributed by atoms with E-state index in [4.69, 9.17) is 5.73 Å². The van der Waals surface area contributed by atoms with E-state index in [0.717, 1.165) is 4.47 Å². The Hall–Kier alpha value is -2.39. The molecule has 20 heavy (non-hydrogen) atoms. The highest BCUT2D eigenvalue weighted by Gasteiger charge is 2.14. The average molecular weight is 331 g/mol.